The average Bonchev–Trinajstić information content (AvgIpc) is 3.54. The molecule has 3 aromatic rings. The molecule has 1 saturated carbocycles. The Balaban J connectivity index is 1.33. The second kappa shape index (κ2) is 12.3. The van der Waals surface area contributed by atoms with E-state index in [1.165, 1.54) is 17.8 Å². The summed E-state index contributed by atoms with van der Waals surface area (Å²) in [4.78, 5) is 24.1. The van der Waals surface area contributed by atoms with Crippen LogP contribution in [0, 0.1) is 18.4 Å². The maximum atomic E-state index is 14.0. The van der Waals surface area contributed by atoms with Gasteiger partial charge in [0.05, 0.1) is 6.33 Å². The molecule has 224 valence electrons. The number of nitrogens with two attached hydrogens (primary N) is 1. The van der Waals surface area contributed by atoms with Gasteiger partial charge in [-0.15, -0.1) is 6.42 Å². The fourth-order valence-corrected chi connectivity index (χ4v) is 6.50. The number of carbonyl (C=O) groups excluding carboxylic acids is 1. The lowest BCUT2D eigenvalue weighted by Crippen LogP contribution is -2.44. The minimum Gasteiger partial charge on any atom is -0.461 e. The highest BCUT2D eigenvalue weighted by Crippen LogP contribution is 2.48. The third-order valence-corrected chi connectivity index (χ3v) is 8.87. The van der Waals surface area contributed by atoms with Gasteiger partial charge >= 0.3 is 19.8 Å². The van der Waals surface area contributed by atoms with Gasteiger partial charge in [0, 0.05) is 6.42 Å². The Morgan fingerprint density at radius 1 is 1.33 bits per heavy atom. The molecule has 2 aromatic heterocycles. The summed E-state index contributed by atoms with van der Waals surface area (Å²) < 4.78 is 52.3. The molecule has 0 spiro atoms. The zero-order valence-corrected chi connectivity index (χ0v) is 23.8. The lowest BCUT2D eigenvalue weighted by atomic mass is 9.98. The Bertz CT molecular complexity index is 1510. The number of anilines is 1. The number of ether oxygens (including phenoxy) is 2. The fourth-order valence-electron chi connectivity index (χ4n) is 4.97. The molecule has 4 N–H and O–H groups in total. The number of halogens is 1. The Morgan fingerprint density at radius 3 is 2.79 bits per heavy atom. The van der Waals surface area contributed by atoms with Crippen molar-refractivity contribution in [2.75, 3.05) is 12.3 Å². The van der Waals surface area contributed by atoms with Gasteiger partial charge in [0.2, 0.25) is 0 Å². The molecule has 3 heterocycles. The predicted octanol–water partition coefficient (Wildman–Crippen LogP) is 3.26. The van der Waals surface area contributed by atoms with Crippen LogP contribution in [-0.2, 0) is 23.4 Å². The first-order chi connectivity index (χ1) is 20.1. The molecular formula is C27H32FN6O7P. The number of aliphatic hydroxyl groups excluding tert-OH is 1. The lowest BCUT2D eigenvalue weighted by Gasteiger charge is -2.30. The van der Waals surface area contributed by atoms with Crippen LogP contribution in [0.3, 0.4) is 0 Å². The third kappa shape index (κ3) is 6.40. The molecule has 1 saturated heterocycles. The molecule has 15 heteroatoms. The third-order valence-electron chi connectivity index (χ3n) is 7.24. The summed E-state index contributed by atoms with van der Waals surface area (Å²) in [5.41, 5.74) is 4.13. The van der Waals surface area contributed by atoms with E-state index >= 15 is 0 Å². The Labute approximate surface area is 241 Å². The quantitative estimate of drug-likeness (QED) is 0.134. The van der Waals surface area contributed by atoms with Crippen molar-refractivity contribution in [2.24, 2.45) is 0 Å². The molecule has 0 radical (unpaired) electrons. The van der Waals surface area contributed by atoms with Crippen molar-refractivity contribution in [3.63, 3.8) is 0 Å². The van der Waals surface area contributed by atoms with Gasteiger partial charge in [-0.05, 0) is 44.7 Å². The number of imidazole rings is 1. The zero-order valence-electron chi connectivity index (χ0n) is 22.9. The Morgan fingerprint density at radius 2 is 2.07 bits per heavy atom. The molecule has 5 atom stereocenters. The molecule has 1 aliphatic heterocycles. The molecule has 1 aromatic carbocycles. The second-order valence-electron chi connectivity index (χ2n) is 10.3. The number of aromatic nitrogens is 4. The highest BCUT2D eigenvalue weighted by atomic mass is 31.2. The predicted molar refractivity (Wildman–Crippen MR) is 148 cm³/mol. The van der Waals surface area contributed by atoms with Gasteiger partial charge in [0.25, 0.3) is 0 Å². The maximum absolute atomic E-state index is 14.0. The van der Waals surface area contributed by atoms with E-state index in [2.05, 4.69) is 26.0 Å². The van der Waals surface area contributed by atoms with E-state index in [1.807, 2.05) is 0 Å². The number of benzene rings is 1. The number of para-hydroxylation sites is 1. The summed E-state index contributed by atoms with van der Waals surface area (Å²) >= 11 is 0. The normalized spacial score (nSPS) is 25.0. The number of nitrogen functional groups attached to an aromatic ring is 1. The van der Waals surface area contributed by atoms with E-state index in [4.69, 9.17) is 30.7 Å². The standard InChI is InChI=1S/C27H32FN6O7P/c1-3-27(20(35)14-21(40-27)34-16-30-22-23(29)31-26(28)32-24(22)34)15-38-42(37,41-19-12-8-5-9-13-19)33-17(2)25(36)39-18-10-6-4-7-11-18/h1,5,8-9,12-13,16-18,20-21,35H,4,6-7,10-11,14-15H2,2H3,(H,33,37)(H2,29,31,32)/t17-,20-,21+,27+,42-/m0/s1. The molecule has 13 nitrogen and oxygen atoms in total. The van der Waals surface area contributed by atoms with Crippen molar-refractivity contribution >= 4 is 30.7 Å². The highest BCUT2D eigenvalue weighted by molar-refractivity contribution is 7.52. The van der Waals surface area contributed by atoms with Crippen LogP contribution in [0.25, 0.3) is 11.2 Å². The fraction of sp³-hybridized carbons (Fsp3) is 0.481. The first kappa shape index (κ1) is 29.9. The van der Waals surface area contributed by atoms with Crippen LogP contribution in [0.5, 0.6) is 5.75 Å². The Kier molecular flexibility index (Phi) is 8.77. The number of carbonyl (C=O) groups is 1. The van der Waals surface area contributed by atoms with Gasteiger partial charge in [-0.2, -0.15) is 19.4 Å². The maximum Gasteiger partial charge on any atom is 0.459 e. The first-order valence-corrected chi connectivity index (χ1v) is 15.1. The van der Waals surface area contributed by atoms with E-state index in [-0.39, 0.29) is 35.3 Å². The van der Waals surface area contributed by atoms with Gasteiger partial charge in [-0.1, -0.05) is 30.5 Å². The number of nitrogens with one attached hydrogen (secondary N) is 1. The number of nitrogens with zero attached hydrogens (tertiary/aromatic N) is 4. The zero-order chi connectivity index (χ0) is 29.9. The lowest BCUT2D eigenvalue weighted by molar-refractivity contribution is -0.152. The van der Waals surface area contributed by atoms with Gasteiger partial charge in [0.1, 0.15) is 36.8 Å². The SMILES string of the molecule is C#C[C@]1(CO[P@@](=O)(N[C@@H](C)C(=O)OC2CCCCC2)Oc2ccccc2)O[C@@H](n2cnc3c(N)nc(F)nc32)C[C@@H]1O. The molecule has 0 unspecified atom stereocenters. The van der Waals surface area contributed by atoms with E-state index in [0.717, 1.165) is 32.1 Å². The van der Waals surface area contributed by atoms with Crippen LogP contribution < -0.4 is 15.3 Å². The van der Waals surface area contributed by atoms with Crippen molar-refractivity contribution in [3.05, 3.63) is 42.7 Å². The smallest absolute Gasteiger partial charge is 0.459 e. The van der Waals surface area contributed by atoms with Crippen LogP contribution >= 0.6 is 7.75 Å². The molecule has 2 aliphatic rings. The van der Waals surface area contributed by atoms with Gasteiger partial charge in [-0.3, -0.25) is 13.9 Å². The number of rotatable bonds is 10. The summed E-state index contributed by atoms with van der Waals surface area (Å²) in [5.74, 6) is 1.83. The van der Waals surface area contributed by atoms with Crippen LogP contribution in [0.15, 0.2) is 36.7 Å². The van der Waals surface area contributed by atoms with E-state index in [1.54, 1.807) is 30.3 Å². The van der Waals surface area contributed by atoms with E-state index < -0.39 is 50.4 Å². The highest BCUT2D eigenvalue weighted by Gasteiger charge is 2.50. The van der Waals surface area contributed by atoms with Crippen LogP contribution in [-0.4, -0.2) is 61.1 Å². The monoisotopic (exact) mass is 602 g/mol. The summed E-state index contributed by atoms with van der Waals surface area (Å²) in [5, 5.41) is 13.6. The van der Waals surface area contributed by atoms with E-state index in [9.17, 15) is 18.9 Å². The van der Waals surface area contributed by atoms with Crippen LogP contribution in [0.4, 0.5) is 10.2 Å². The molecule has 5 rings (SSSR count). The topological polar surface area (TPSA) is 173 Å². The van der Waals surface area contributed by atoms with Crippen molar-refractivity contribution in [1.29, 1.82) is 0 Å². The number of fused-ring (bicyclic) bond motifs is 1. The molecular weight excluding hydrogens is 570 g/mol. The number of esters is 1. The summed E-state index contributed by atoms with van der Waals surface area (Å²) in [6.45, 7) is 0.890. The molecule has 0 amide bonds. The van der Waals surface area contributed by atoms with Crippen molar-refractivity contribution in [1.82, 2.24) is 24.6 Å². The molecule has 1 aliphatic carbocycles. The van der Waals surface area contributed by atoms with Crippen molar-refractivity contribution < 1.29 is 37.4 Å². The number of hydrogen-bond acceptors (Lipinski definition) is 11. The van der Waals surface area contributed by atoms with Gasteiger partial charge in [0.15, 0.2) is 22.6 Å². The molecule has 42 heavy (non-hydrogen) atoms. The van der Waals surface area contributed by atoms with Crippen molar-refractivity contribution in [2.45, 2.75) is 75.5 Å². The van der Waals surface area contributed by atoms with Crippen molar-refractivity contribution in [3.8, 4) is 18.1 Å². The first-order valence-electron chi connectivity index (χ1n) is 13.6. The van der Waals surface area contributed by atoms with Gasteiger partial charge < -0.3 is 24.8 Å². The average molecular weight is 603 g/mol. The largest absolute Gasteiger partial charge is 0.461 e. The molecule has 0 bridgehead atoms. The summed E-state index contributed by atoms with van der Waals surface area (Å²) in [6, 6.07) is 7.15. The van der Waals surface area contributed by atoms with E-state index in [0.29, 0.717) is 0 Å². The second-order valence-corrected chi connectivity index (χ2v) is 12.0. The number of aliphatic hydroxyl groups is 1. The minimum absolute atomic E-state index is 0.0380. The minimum atomic E-state index is -4.31. The Hall–Kier alpha value is -3.60. The number of hydrogen-bond donors (Lipinski definition) is 3. The summed E-state index contributed by atoms with van der Waals surface area (Å²) in [6.07, 6.45) is 8.09. The number of terminal acetylenes is 1. The molecule has 2 fully saturated rings. The van der Waals surface area contributed by atoms with Crippen LogP contribution in [0.2, 0.25) is 0 Å². The van der Waals surface area contributed by atoms with Crippen LogP contribution in [0.1, 0.15) is 51.7 Å². The summed E-state index contributed by atoms with van der Waals surface area (Å²) in [7, 11) is -4.31. The van der Waals surface area contributed by atoms with Gasteiger partial charge in [-0.25, -0.2) is 9.55 Å².